The largest absolute Gasteiger partial charge is 0.482 e. The number of hydrogen-bond acceptors (Lipinski definition) is 8. The van der Waals surface area contributed by atoms with Gasteiger partial charge in [0.2, 0.25) is 0 Å². The lowest BCUT2D eigenvalue weighted by Gasteiger charge is -2.46. The number of hydrogen-bond donors (Lipinski definition) is 2. The van der Waals surface area contributed by atoms with Gasteiger partial charge < -0.3 is 9.47 Å². The van der Waals surface area contributed by atoms with Crippen molar-refractivity contribution in [3.8, 4) is 5.75 Å². The minimum atomic E-state index is -1.49. The molecule has 2 aliphatic rings. The molecule has 1 fully saturated rings. The zero-order chi connectivity index (χ0) is 23.7. The first-order valence-corrected chi connectivity index (χ1v) is 11.9. The molecule has 8 heteroatoms. The van der Waals surface area contributed by atoms with Crippen molar-refractivity contribution in [3.63, 3.8) is 0 Å². The number of thioether (sulfide) groups is 1. The number of para-hydroxylation sites is 2. The van der Waals surface area contributed by atoms with Gasteiger partial charge in [-0.15, -0.1) is 0 Å². The molecular weight excluding hydrogens is 452 g/mol. The van der Waals surface area contributed by atoms with Gasteiger partial charge in [-0.3, -0.25) is 15.2 Å². The maximum Gasteiger partial charge on any atom is 0.316 e. The third kappa shape index (κ3) is 3.69. The number of fused-ring (bicyclic) bond motifs is 3. The summed E-state index contributed by atoms with van der Waals surface area (Å²) >= 11 is 1.12. The summed E-state index contributed by atoms with van der Waals surface area (Å²) in [5.74, 6) is -1.45. The Morgan fingerprint density at radius 3 is 2.35 bits per heavy atom. The fourth-order valence-electron chi connectivity index (χ4n) is 4.75. The molecule has 3 aromatic carbocycles. The molecule has 2 N–H and O–H groups in total. The second kappa shape index (κ2) is 9.23. The summed E-state index contributed by atoms with van der Waals surface area (Å²) < 4.78 is 11.9. The van der Waals surface area contributed by atoms with Crippen LogP contribution in [0.4, 0.5) is 5.69 Å². The van der Waals surface area contributed by atoms with Gasteiger partial charge >= 0.3 is 5.97 Å². The Morgan fingerprint density at radius 1 is 1.03 bits per heavy atom. The quantitative estimate of drug-likeness (QED) is 0.379. The van der Waals surface area contributed by atoms with Gasteiger partial charge in [0.25, 0.3) is 0 Å². The number of hydroxylamine groups is 2. The number of aliphatic imine (C=N–C) groups is 1. The molecule has 0 aromatic heterocycles. The molecule has 0 amide bonds. The number of carbonyl (C=O) groups is 1. The van der Waals surface area contributed by atoms with Crippen molar-refractivity contribution >= 4 is 28.5 Å². The lowest BCUT2D eigenvalue weighted by Crippen LogP contribution is -2.54. The van der Waals surface area contributed by atoms with Gasteiger partial charge in [0.1, 0.15) is 11.7 Å². The fraction of sp³-hybridized carbons (Fsp3) is 0.231. The number of nitrogens with zero attached hydrogens (tertiary/aromatic N) is 2. The van der Waals surface area contributed by atoms with Crippen LogP contribution in [0.15, 0.2) is 89.9 Å². The molecule has 0 saturated carbocycles. The molecule has 0 radical (unpaired) electrons. The minimum absolute atomic E-state index is 0.190. The highest BCUT2D eigenvalue weighted by molar-refractivity contribution is 8.15. The zero-order valence-electron chi connectivity index (χ0n) is 18.4. The average molecular weight is 477 g/mol. The molecule has 2 heterocycles. The summed E-state index contributed by atoms with van der Waals surface area (Å²) in [6.07, 6.45) is -0.811. The lowest BCUT2D eigenvalue weighted by molar-refractivity contribution is -0.359. The second-order valence-electron chi connectivity index (χ2n) is 8.08. The van der Waals surface area contributed by atoms with Crippen LogP contribution < -0.4 is 4.74 Å². The number of benzene rings is 3. The molecule has 0 spiro atoms. The monoisotopic (exact) mass is 476 g/mol. The molecule has 0 bridgehead atoms. The van der Waals surface area contributed by atoms with Gasteiger partial charge in [0.05, 0.1) is 17.3 Å². The van der Waals surface area contributed by atoms with Crippen molar-refractivity contribution in [1.82, 2.24) is 5.23 Å². The third-order valence-corrected chi connectivity index (χ3v) is 7.65. The molecule has 174 valence electrons. The third-order valence-electron chi connectivity index (χ3n) is 6.14. The molecule has 7 nitrogen and oxygen atoms in total. The van der Waals surface area contributed by atoms with Crippen LogP contribution in [-0.4, -0.2) is 38.1 Å². The van der Waals surface area contributed by atoms with Gasteiger partial charge in [-0.05, 0) is 35.9 Å². The van der Waals surface area contributed by atoms with E-state index in [1.165, 1.54) is 0 Å². The van der Waals surface area contributed by atoms with Crippen molar-refractivity contribution in [3.05, 3.63) is 96.1 Å². The van der Waals surface area contributed by atoms with Crippen LogP contribution in [0.3, 0.4) is 0 Å². The fourth-order valence-corrected chi connectivity index (χ4v) is 6.36. The van der Waals surface area contributed by atoms with Crippen LogP contribution in [0.25, 0.3) is 0 Å². The first-order chi connectivity index (χ1) is 16.6. The van der Waals surface area contributed by atoms with Crippen LogP contribution in [0.2, 0.25) is 0 Å². The van der Waals surface area contributed by atoms with E-state index >= 15 is 0 Å². The van der Waals surface area contributed by atoms with Crippen molar-refractivity contribution < 1.29 is 24.7 Å². The van der Waals surface area contributed by atoms with Crippen LogP contribution in [-0.2, 0) is 9.53 Å². The standard InChI is InChI=1S/C26H24N2O5S/c1-2-32-25(29)21-22-19-15-9-10-16-20(19)33-23(17-11-5-3-6-12-17)26(22,28(30)31)34-24(21)27-18-13-7-4-8-14-18/h3-16,21-23,30-31H,2H2,1H3. The predicted molar refractivity (Wildman–Crippen MR) is 128 cm³/mol. The Morgan fingerprint density at radius 2 is 1.68 bits per heavy atom. The van der Waals surface area contributed by atoms with Crippen LogP contribution in [0.1, 0.15) is 30.1 Å². The minimum Gasteiger partial charge on any atom is -0.482 e. The highest BCUT2D eigenvalue weighted by Gasteiger charge is 2.67. The summed E-state index contributed by atoms with van der Waals surface area (Å²) in [7, 11) is 0. The molecule has 1 saturated heterocycles. The number of esters is 1. The smallest absolute Gasteiger partial charge is 0.316 e. The van der Waals surface area contributed by atoms with E-state index in [9.17, 15) is 15.2 Å². The van der Waals surface area contributed by atoms with E-state index in [0.29, 0.717) is 22.0 Å². The first kappa shape index (κ1) is 22.6. The summed E-state index contributed by atoms with van der Waals surface area (Å²) in [6.45, 7) is 1.94. The van der Waals surface area contributed by atoms with E-state index in [0.717, 1.165) is 17.3 Å². The Kier molecular flexibility index (Phi) is 6.14. The van der Waals surface area contributed by atoms with E-state index in [1.807, 2.05) is 84.9 Å². The molecule has 34 heavy (non-hydrogen) atoms. The average Bonchev–Trinajstić information content (AvgIpc) is 3.21. The highest BCUT2D eigenvalue weighted by atomic mass is 32.2. The van der Waals surface area contributed by atoms with Crippen molar-refractivity contribution in [2.24, 2.45) is 10.9 Å². The van der Waals surface area contributed by atoms with E-state index in [-0.39, 0.29) is 11.8 Å². The Bertz CT molecular complexity index is 1200. The normalized spacial score (nSPS) is 26.6. The molecule has 5 rings (SSSR count). The Labute approximate surface area is 201 Å². The molecule has 4 atom stereocenters. The van der Waals surface area contributed by atoms with Crippen LogP contribution in [0, 0.1) is 5.92 Å². The number of ether oxygens (including phenoxy) is 2. The molecule has 0 aliphatic carbocycles. The van der Waals surface area contributed by atoms with E-state index in [4.69, 9.17) is 14.5 Å². The van der Waals surface area contributed by atoms with E-state index in [1.54, 1.807) is 6.92 Å². The number of rotatable bonds is 5. The van der Waals surface area contributed by atoms with Crippen LogP contribution >= 0.6 is 11.8 Å². The number of carbonyl (C=O) groups excluding carboxylic acids is 1. The van der Waals surface area contributed by atoms with E-state index < -0.39 is 28.8 Å². The zero-order valence-corrected chi connectivity index (χ0v) is 19.3. The van der Waals surface area contributed by atoms with Crippen LogP contribution in [0.5, 0.6) is 5.75 Å². The van der Waals surface area contributed by atoms with Crippen molar-refractivity contribution in [1.29, 1.82) is 0 Å². The molecular formula is C26H24N2O5S. The van der Waals surface area contributed by atoms with E-state index in [2.05, 4.69) is 0 Å². The maximum absolute atomic E-state index is 13.4. The van der Waals surface area contributed by atoms with Crippen molar-refractivity contribution in [2.75, 3.05) is 6.61 Å². The van der Waals surface area contributed by atoms with Gasteiger partial charge in [-0.1, -0.05) is 78.5 Å². The Hall–Kier alpha value is -3.17. The predicted octanol–water partition coefficient (Wildman–Crippen LogP) is 5.34. The summed E-state index contributed by atoms with van der Waals surface area (Å²) in [4.78, 5) is 16.7. The van der Waals surface area contributed by atoms with Gasteiger partial charge in [0.15, 0.2) is 11.0 Å². The highest BCUT2D eigenvalue weighted by Crippen LogP contribution is 2.64. The van der Waals surface area contributed by atoms with Crippen molar-refractivity contribution in [2.45, 2.75) is 23.8 Å². The maximum atomic E-state index is 13.4. The SMILES string of the molecule is CCOC(=O)C1C(=Nc2ccccc2)SC2(N(O)O)C(c3ccccc3)Oc3ccccc3C12. The Balaban J connectivity index is 1.76. The molecule has 2 aliphatic heterocycles. The first-order valence-electron chi connectivity index (χ1n) is 11.0. The second-order valence-corrected chi connectivity index (χ2v) is 9.36. The lowest BCUT2D eigenvalue weighted by atomic mass is 9.75. The summed E-state index contributed by atoms with van der Waals surface area (Å²) in [5, 5.41) is 22.2. The van der Waals surface area contributed by atoms with Gasteiger partial charge in [0, 0.05) is 11.5 Å². The topological polar surface area (TPSA) is 91.6 Å². The summed E-state index contributed by atoms with van der Waals surface area (Å²) in [6, 6.07) is 26.0. The molecule has 4 unspecified atom stereocenters. The molecule has 3 aromatic rings. The van der Waals surface area contributed by atoms with Gasteiger partial charge in [-0.25, -0.2) is 4.99 Å². The summed E-state index contributed by atoms with van der Waals surface area (Å²) in [5.41, 5.74) is 2.08. The van der Waals surface area contributed by atoms with Gasteiger partial charge in [-0.2, -0.15) is 0 Å².